The zero-order valence-corrected chi connectivity index (χ0v) is 17.6. The summed E-state index contributed by atoms with van der Waals surface area (Å²) in [5, 5.41) is 14.6. The van der Waals surface area contributed by atoms with Crippen LogP contribution >= 0.6 is 0 Å². The number of rotatable bonds is 5. The van der Waals surface area contributed by atoms with Crippen LogP contribution in [0.2, 0.25) is 0 Å². The molecule has 3 unspecified atom stereocenters. The van der Waals surface area contributed by atoms with Crippen LogP contribution in [0.5, 0.6) is 0 Å². The lowest BCUT2D eigenvalue weighted by molar-refractivity contribution is 0.153. The van der Waals surface area contributed by atoms with E-state index in [1.54, 1.807) is 0 Å². The molecule has 0 aliphatic carbocycles. The molecule has 2 saturated heterocycles. The topological polar surface area (TPSA) is 70.3 Å². The lowest BCUT2D eigenvalue weighted by Gasteiger charge is -2.36. The van der Waals surface area contributed by atoms with Crippen molar-refractivity contribution in [2.45, 2.75) is 83.6 Å². The second-order valence-electron chi connectivity index (χ2n) is 8.92. The van der Waals surface area contributed by atoms with Crippen LogP contribution in [-0.2, 0) is 19.5 Å². The summed E-state index contributed by atoms with van der Waals surface area (Å²) in [5.74, 6) is 0.798. The summed E-state index contributed by atoms with van der Waals surface area (Å²) in [5.41, 5.74) is 5.17. The number of hydrogen-bond donors (Lipinski definition) is 1. The van der Waals surface area contributed by atoms with Crippen molar-refractivity contribution in [3.63, 3.8) is 0 Å². The van der Waals surface area contributed by atoms with E-state index in [0.29, 0.717) is 18.6 Å². The molecule has 2 fully saturated rings. The molecule has 3 atom stereocenters. The highest BCUT2D eigenvalue weighted by atomic mass is 16.3. The Kier molecular flexibility index (Phi) is 5.04. The molecule has 7 nitrogen and oxygen atoms in total. The Morgan fingerprint density at radius 3 is 2.93 bits per heavy atom. The van der Waals surface area contributed by atoms with Crippen LogP contribution in [0.25, 0.3) is 0 Å². The van der Waals surface area contributed by atoms with E-state index >= 15 is 0 Å². The number of nitrogens with zero attached hydrogens (tertiary/aromatic N) is 6. The van der Waals surface area contributed by atoms with Gasteiger partial charge in [0.15, 0.2) is 0 Å². The molecular weight excluding hydrogens is 364 g/mol. The normalized spacial score (nSPS) is 26.7. The Hall–Kier alpha value is -1.99. The fourth-order valence-electron chi connectivity index (χ4n) is 5.37. The molecule has 3 aliphatic heterocycles. The smallest absolute Gasteiger partial charge is 0.225 e. The molecule has 2 aromatic heterocycles. The average molecular weight is 397 g/mol. The van der Waals surface area contributed by atoms with E-state index in [0.717, 1.165) is 51.3 Å². The van der Waals surface area contributed by atoms with E-state index in [-0.39, 0.29) is 6.10 Å². The average Bonchev–Trinajstić information content (AvgIpc) is 3.20. The monoisotopic (exact) mass is 396 g/mol. The van der Waals surface area contributed by atoms with Crippen LogP contribution < -0.4 is 4.90 Å². The highest BCUT2D eigenvalue weighted by Gasteiger charge is 2.41. The standard InChI is InChI=1S/C22H32N6O/c1-3-8-28-15(2)16(11-24-28)13-27-17-6-7-21(27)19-12-23-22(25-20(19)10-17)26-9-4-5-18(29)14-26/h11-12,17-18,21,29H,3-10,13-14H2,1-2H3. The van der Waals surface area contributed by atoms with Crippen LogP contribution in [0, 0.1) is 6.92 Å². The molecule has 0 spiro atoms. The van der Waals surface area contributed by atoms with Crippen molar-refractivity contribution in [1.29, 1.82) is 0 Å². The van der Waals surface area contributed by atoms with E-state index < -0.39 is 0 Å². The minimum Gasteiger partial charge on any atom is -0.391 e. The van der Waals surface area contributed by atoms with Crippen molar-refractivity contribution in [3.05, 3.63) is 34.9 Å². The van der Waals surface area contributed by atoms with Gasteiger partial charge >= 0.3 is 0 Å². The first-order valence-electron chi connectivity index (χ1n) is 11.2. The predicted octanol–water partition coefficient (Wildman–Crippen LogP) is 2.61. The lowest BCUT2D eigenvalue weighted by atomic mass is 9.98. The predicted molar refractivity (Wildman–Crippen MR) is 112 cm³/mol. The Morgan fingerprint density at radius 1 is 1.21 bits per heavy atom. The summed E-state index contributed by atoms with van der Waals surface area (Å²) in [6.07, 6.45) is 10.3. The molecule has 2 aromatic rings. The summed E-state index contributed by atoms with van der Waals surface area (Å²) in [7, 11) is 0. The molecule has 2 bridgehead atoms. The minimum absolute atomic E-state index is 0.257. The molecular formula is C22H32N6O. The van der Waals surface area contributed by atoms with Crippen molar-refractivity contribution in [2.24, 2.45) is 0 Å². The molecule has 0 aromatic carbocycles. The fraction of sp³-hybridized carbons (Fsp3) is 0.682. The molecule has 3 aliphatic rings. The minimum atomic E-state index is -0.257. The van der Waals surface area contributed by atoms with Gasteiger partial charge in [0.25, 0.3) is 0 Å². The number of aryl methyl sites for hydroxylation is 1. The molecule has 7 heteroatoms. The third kappa shape index (κ3) is 3.44. The van der Waals surface area contributed by atoms with Gasteiger partial charge in [0.2, 0.25) is 5.95 Å². The van der Waals surface area contributed by atoms with Crippen molar-refractivity contribution in [1.82, 2.24) is 24.6 Å². The van der Waals surface area contributed by atoms with E-state index in [1.165, 1.54) is 35.4 Å². The Bertz CT molecular complexity index is 880. The van der Waals surface area contributed by atoms with Crippen LogP contribution in [0.3, 0.4) is 0 Å². The van der Waals surface area contributed by atoms with Crippen molar-refractivity contribution >= 4 is 5.95 Å². The Labute approximate surface area is 172 Å². The summed E-state index contributed by atoms with van der Waals surface area (Å²) < 4.78 is 2.14. The van der Waals surface area contributed by atoms with Gasteiger partial charge in [-0.2, -0.15) is 5.10 Å². The van der Waals surface area contributed by atoms with Crippen LogP contribution in [0.15, 0.2) is 12.4 Å². The number of β-amino-alcohol motifs (C(OH)–C–C–N with tert-alkyl or cyclic N) is 1. The summed E-state index contributed by atoms with van der Waals surface area (Å²) >= 11 is 0. The van der Waals surface area contributed by atoms with Gasteiger partial charge in [-0.3, -0.25) is 9.58 Å². The number of fused-ring (bicyclic) bond motifs is 4. The highest BCUT2D eigenvalue weighted by Crippen LogP contribution is 2.44. The van der Waals surface area contributed by atoms with Gasteiger partial charge in [-0.25, -0.2) is 9.97 Å². The SMILES string of the molecule is CCCn1ncc(CN2C3CCC2c2cnc(N4CCCC(O)C4)nc2C3)c1C. The zero-order valence-electron chi connectivity index (χ0n) is 17.6. The number of anilines is 1. The van der Waals surface area contributed by atoms with Crippen LogP contribution in [0.4, 0.5) is 5.95 Å². The van der Waals surface area contributed by atoms with Crippen LogP contribution in [-0.4, -0.2) is 55.0 Å². The van der Waals surface area contributed by atoms with Gasteiger partial charge in [0, 0.05) is 67.7 Å². The van der Waals surface area contributed by atoms with Crippen LogP contribution in [0.1, 0.15) is 67.6 Å². The first kappa shape index (κ1) is 19.0. The van der Waals surface area contributed by atoms with Crippen molar-refractivity contribution in [2.75, 3.05) is 18.0 Å². The molecule has 0 amide bonds. The van der Waals surface area contributed by atoms with E-state index in [4.69, 9.17) is 9.97 Å². The number of hydrogen-bond acceptors (Lipinski definition) is 6. The summed E-state index contributed by atoms with van der Waals surface area (Å²) in [6, 6.07) is 0.967. The number of aliphatic hydroxyl groups excluding tert-OH is 1. The first-order valence-corrected chi connectivity index (χ1v) is 11.2. The second-order valence-corrected chi connectivity index (χ2v) is 8.92. The van der Waals surface area contributed by atoms with Gasteiger partial charge in [0.1, 0.15) is 0 Å². The maximum atomic E-state index is 10.00. The van der Waals surface area contributed by atoms with Gasteiger partial charge < -0.3 is 10.0 Å². The van der Waals surface area contributed by atoms with Gasteiger partial charge in [0.05, 0.1) is 18.0 Å². The number of aliphatic hydroxyl groups is 1. The van der Waals surface area contributed by atoms with E-state index in [2.05, 4.69) is 45.8 Å². The van der Waals surface area contributed by atoms with Gasteiger partial charge in [-0.05, 0) is 39.0 Å². The number of aromatic nitrogens is 4. The Morgan fingerprint density at radius 2 is 2.10 bits per heavy atom. The van der Waals surface area contributed by atoms with E-state index in [9.17, 15) is 5.11 Å². The van der Waals surface area contributed by atoms with Crippen molar-refractivity contribution in [3.8, 4) is 0 Å². The largest absolute Gasteiger partial charge is 0.391 e. The van der Waals surface area contributed by atoms with Gasteiger partial charge in [-0.1, -0.05) is 6.92 Å². The molecule has 5 heterocycles. The zero-order chi connectivity index (χ0) is 20.0. The molecule has 5 rings (SSSR count). The molecule has 156 valence electrons. The number of piperidine rings is 1. The molecule has 29 heavy (non-hydrogen) atoms. The summed E-state index contributed by atoms with van der Waals surface area (Å²) in [4.78, 5) is 14.5. The lowest BCUT2D eigenvalue weighted by Crippen LogP contribution is -2.41. The maximum absolute atomic E-state index is 10.00. The maximum Gasteiger partial charge on any atom is 0.225 e. The first-order chi connectivity index (χ1) is 14.1. The molecule has 1 N–H and O–H groups in total. The third-order valence-corrected chi connectivity index (χ3v) is 6.99. The van der Waals surface area contributed by atoms with E-state index in [1.807, 2.05) is 0 Å². The molecule has 0 radical (unpaired) electrons. The highest BCUT2D eigenvalue weighted by molar-refractivity contribution is 5.38. The third-order valence-electron chi connectivity index (χ3n) is 6.99. The molecule has 0 saturated carbocycles. The quantitative estimate of drug-likeness (QED) is 0.838. The van der Waals surface area contributed by atoms with Gasteiger partial charge in [-0.15, -0.1) is 0 Å². The van der Waals surface area contributed by atoms with Crippen molar-refractivity contribution < 1.29 is 5.11 Å². The summed E-state index contributed by atoms with van der Waals surface area (Å²) in [6.45, 7) is 7.93. The second kappa shape index (κ2) is 7.69. The Balaban J connectivity index is 1.36. The fourth-order valence-corrected chi connectivity index (χ4v) is 5.37.